The van der Waals surface area contributed by atoms with Gasteiger partial charge in [0.05, 0.1) is 16.7 Å². The molecule has 7 nitrogen and oxygen atoms in total. The lowest BCUT2D eigenvalue weighted by Crippen LogP contribution is -2.49. The number of hydrogen-bond acceptors (Lipinski definition) is 5. The highest BCUT2D eigenvalue weighted by molar-refractivity contribution is 6.21. The number of benzene rings is 1. The highest BCUT2D eigenvalue weighted by Gasteiger charge is 2.36. The van der Waals surface area contributed by atoms with Crippen LogP contribution in [-0.2, 0) is 9.53 Å². The molecule has 2 aliphatic rings. The molecule has 0 N–H and O–H groups in total. The number of likely N-dealkylation sites (tertiary alicyclic amines) is 1. The Bertz CT molecular complexity index is 824. The van der Waals surface area contributed by atoms with Gasteiger partial charge < -0.3 is 9.64 Å². The average Bonchev–Trinajstić information content (AvgIpc) is 2.94. The van der Waals surface area contributed by atoms with E-state index in [2.05, 4.69) is 0 Å². The molecule has 1 saturated heterocycles. The summed E-state index contributed by atoms with van der Waals surface area (Å²) in [7, 11) is 0. The first-order valence-corrected chi connectivity index (χ1v) is 10.3. The van der Waals surface area contributed by atoms with Gasteiger partial charge in [0.1, 0.15) is 0 Å². The number of rotatable bonds is 6. The van der Waals surface area contributed by atoms with Gasteiger partial charge in [-0.3, -0.25) is 19.3 Å². The van der Waals surface area contributed by atoms with Gasteiger partial charge in [-0.05, 0) is 57.7 Å². The van der Waals surface area contributed by atoms with Gasteiger partial charge in [-0.25, -0.2) is 4.79 Å². The van der Waals surface area contributed by atoms with E-state index in [0.29, 0.717) is 12.1 Å². The lowest BCUT2D eigenvalue weighted by molar-refractivity contribution is -0.140. The second kappa shape index (κ2) is 8.76. The minimum absolute atomic E-state index is 0.127. The summed E-state index contributed by atoms with van der Waals surface area (Å²) in [5.41, 5.74) is 0.676. The zero-order valence-corrected chi connectivity index (χ0v) is 17.3. The van der Waals surface area contributed by atoms with E-state index in [1.165, 1.54) is 23.1 Å². The number of esters is 1. The summed E-state index contributed by atoms with van der Waals surface area (Å²) < 4.78 is 5.21. The molecule has 2 aliphatic heterocycles. The number of ether oxygens (including phenoxy) is 1. The van der Waals surface area contributed by atoms with Crippen LogP contribution in [0.2, 0.25) is 0 Å². The number of hydrogen-bond donors (Lipinski definition) is 0. The van der Waals surface area contributed by atoms with Gasteiger partial charge in [-0.1, -0.05) is 13.3 Å². The first-order valence-electron chi connectivity index (χ1n) is 10.3. The van der Waals surface area contributed by atoms with Gasteiger partial charge in [-0.15, -0.1) is 0 Å². The molecule has 7 heteroatoms. The van der Waals surface area contributed by atoms with E-state index >= 15 is 0 Å². The van der Waals surface area contributed by atoms with Crippen molar-refractivity contribution in [2.75, 3.05) is 13.2 Å². The molecule has 1 aromatic carbocycles. The molecule has 3 amide bonds. The number of amides is 3. The van der Waals surface area contributed by atoms with Crippen LogP contribution in [0.5, 0.6) is 0 Å². The van der Waals surface area contributed by atoms with Crippen molar-refractivity contribution in [1.82, 2.24) is 9.80 Å². The Morgan fingerprint density at radius 3 is 2.38 bits per heavy atom. The lowest BCUT2D eigenvalue weighted by atomic mass is 9.97. The van der Waals surface area contributed by atoms with Crippen LogP contribution in [0.25, 0.3) is 0 Å². The number of unbranched alkanes of at least 4 members (excludes halogenated alkanes) is 1. The van der Waals surface area contributed by atoms with Crippen LogP contribution >= 0.6 is 0 Å². The molecular weight excluding hydrogens is 372 g/mol. The van der Waals surface area contributed by atoms with Crippen LogP contribution in [0, 0.1) is 0 Å². The fraction of sp³-hybridized carbons (Fsp3) is 0.545. The van der Waals surface area contributed by atoms with Gasteiger partial charge in [0, 0.05) is 18.6 Å². The molecule has 2 heterocycles. The van der Waals surface area contributed by atoms with Gasteiger partial charge in [0.15, 0.2) is 6.61 Å². The predicted molar refractivity (Wildman–Crippen MR) is 107 cm³/mol. The fourth-order valence-electron chi connectivity index (χ4n) is 4.14. The standard InChI is InChI=1S/C22H28N2O5/c1-4-5-11-23-20(26)17-10-9-16(12-18(17)21(23)27)22(28)29-13-19(25)24-14(2)7-6-8-15(24)3/h9-10,12,14-15H,4-8,11,13H2,1-3H3/t14-,15-/m0/s1. The van der Waals surface area contributed by atoms with Crippen LogP contribution in [0.3, 0.4) is 0 Å². The van der Waals surface area contributed by atoms with Crippen LogP contribution in [-0.4, -0.2) is 58.7 Å². The average molecular weight is 400 g/mol. The predicted octanol–water partition coefficient (Wildman–Crippen LogP) is 3.03. The van der Waals surface area contributed by atoms with Crippen molar-refractivity contribution < 1.29 is 23.9 Å². The molecule has 2 atom stereocenters. The number of nitrogens with zero attached hydrogens (tertiary/aromatic N) is 2. The molecule has 0 unspecified atom stereocenters. The first-order chi connectivity index (χ1) is 13.8. The minimum atomic E-state index is -0.675. The quantitative estimate of drug-likeness (QED) is 0.541. The molecule has 0 radical (unpaired) electrons. The Morgan fingerprint density at radius 2 is 1.72 bits per heavy atom. The number of carbonyl (C=O) groups excluding carboxylic acids is 4. The van der Waals surface area contributed by atoms with Crippen molar-refractivity contribution in [3.63, 3.8) is 0 Å². The minimum Gasteiger partial charge on any atom is -0.452 e. The summed E-state index contributed by atoms with van der Waals surface area (Å²) in [4.78, 5) is 52.9. The van der Waals surface area contributed by atoms with Crippen molar-refractivity contribution in [1.29, 1.82) is 0 Å². The van der Waals surface area contributed by atoms with Crippen molar-refractivity contribution in [2.45, 2.75) is 65.0 Å². The van der Waals surface area contributed by atoms with E-state index < -0.39 is 5.97 Å². The number of fused-ring (bicyclic) bond motifs is 1. The third kappa shape index (κ3) is 4.18. The summed E-state index contributed by atoms with van der Waals surface area (Å²) in [6.07, 6.45) is 4.57. The van der Waals surface area contributed by atoms with Crippen molar-refractivity contribution in [3.8, 4) is 0 Å². The zero-order chi connectivity index (χ0) is 21.1. The maximum Gasteiger partial charge on any atom is 0.338 e. The second-order valence-electron chi connectivity index (χ2n) is 7.88. The Hall–Kier alpha value is -2.70. The molecule has 0 bridgehead atoms. The van der Waals surface area contributed by atoms with Crippen molar-refractivity contribution >= 4 is 23.7 Å². The SMILES string of the molecule is CCCCN1C(=O)c2ccc(C(=O)OCC(=O)N3[C@@H](C)CCC[C@@H]3C)cc2C1=O. The molecule has 0 saturated carbocycles. The Morgan fingerprint density at radius 1 is 1.07 bits per heavy atom. The number of imide groups is 1. The fourth-order valence-corrected chi connectivity index (χ4v) is 4.14. The Labute approximate surface area is 171 Å². The van der Waals surface area contributed by atoms with Gasteiger partial charge in [0.2, 0.25) is 0 Å². The van der Waals surface area contributed by atoms with E-state index in [1.807, 2.05) is 20.8 Å². The summed E-state index contributed by atoms with van der Waals surface area (Å²) in [6.45, 7) is 6.02. The van der Waals surface area contributed by atoms with Crippen molar-refractivity contribution in [2.24, 2.45) is 0 Å². The number of piperidine rings is 1. The third-order valence-corrected chi connectivity index (χ3v) is 5.75. The first kappa shape index (κ1) is 21.0. The topological polar surface area (TPSA) is 84.0 Å². The van der Waals surface area contributed by atoms with Gasteiger partial charge >= 0.3 is 5.97 Å². The second-order valence-corrected chi connectivity index (χ2v) is 7.88. The smallest absolute Gasteiger partial charge is 0.338 e. The molecule has 0 aliphatic carbocycles. The lowest BCUT2D eigenvalue weighted by Gasteiger charge is -2.38. The summed E-state index contributed by atoms with van der Waals surface area (Å²) in [5.74, 6) is -1.61. The van der Waals surface area contributed by atoms with Crippen molar-refractivity contribution in [3.05, 3.63) is 34.9 Å². The van der Waals surface area contributed by atoms with E-state index in [1.54, 1.807) is 4.90 Å². The molecular formula is C22H28N2O5. The van der Waals surface area contributed by atoms with E-state index in [9.17, 15) is 19.2 Å². The van der Waals surface area contributed by atoms with Crippen LogP contribution in [0.4, 0.5) is 0 Å². The van der Waals surface area contributed by atoms with Crippen LogP contribution in [0.1, 0.15) is 83.9 Å². The van der Waals surface area contributed by atoms with E-state index in [4.69, 9.17) is 4.74 Å². The largest absolute Gasteiger partial charge is 0.452 e. The highest BCUT2D eigenvalue weighted by atomic mass is 16.5. The maximum absolute atomic E-state index is 12.5. The molecule has 1 fully saturated rings. The van der Waals surface area contributed by atoms with E-state index in [-0.39, 0.29) is 47.5 Å². The van der Waals surface area contributed by atoms with E-state index in [0.717, 1.165) is 32.1 Å². The third-order valence-electron chi connectivity index (χ3n) is 5.75. The van der Waals surface area contributed by atoms with Gasteiger partial charge in [0.25, 0.3) is 17.7 Å². The van der Waals surface area contributed by atoms with Crippen LogP contribution < -0.4 is 0 Å². The Balaban J connectivity index is 1.66. The number of carbonyl (C=O) groups is 4. The molecule has 29 heavy (non-hydrogen) atoms. The molecule has 0 aromatic heterocycles. The molecule has 0 spiro atoms. The highest BCUT2D eigenvalue weighted by Crippen LogP contribution is 2.25. The maximum atomic E-state index is 12.5. The normalized spacial score (nSPS) is 21.3. The zero-order valence-electron chi connectivity index (χ0n) is 17.3. The summed E-state index contributed by atoms with van der Waals surface area (Å²) in [6, 6.07) is 4.59. The molecule has 1 aromatic rings. The summed E-state index contributed by atoms with van der Waals surface area (Å²) >= 11 is 0. The Kier molecular flexibility index (Phi) is 6.35. The molecule has 3 rings (SSSR count). The molecule has 156 valence electrons. The van der Waals surface area contributed by atoms with Crippen LogP contribution in [0.15, 0.2) is 18.2 Å². The van der Waals surface area contributed by atoms with Gasteiger partial charge in [-0.2, -0.15) is 0 Å². The summed E-state index contributed by atoms with van der Waals surface area (Å²) in [5, 5.41) is 0. The monoisotopic (exact) mass is 400 g/mol.